The molecule has 4 nitrogen and oxygen atoms in total. The molecule has 0 radical (unpaired) electrons. The third-order valence-electron chi connectivity index (χ3n) is 3.67. The maximum absolute atomic E-state index is 11.9. The van der Waals surface area contributed by atoms with Crippen LogP contribution in [0.15, 0.2) is 36.5 Å². The van der Waals surface area contributed by atoms with E-state index in [0.29, 0.717) is 18.0 Å². The summed E-state index contributed by atoms with van der Waals surface area (Å²) in [6.45, 7) is 4.22. The van der Waals surface area contributed by atoms with Gasteiger partial charge in [-0.15, -0.1) is 0 Å². The molecule has 0 spiro atoms. The Bertz CT molecular complexity index is 636. The van der Waals surface area contributed by atoms with Crippen LogP contribution in [0.3, 0.4) is 0 Å². The van der Waals surface area contributed by atoms with Crippen LogP contribution in [0.5, 0.6) is 5.88 Å². The van der Waals surface area contributed by atoms with Crippen molar-refractivity contribution in [3.8, 4) is 5.88 Å². The third kappa shape index (κ3) is 4.58. The Morgan fingerprint density at radius 2 is 2.00 bits per heavy atom. The largest absolute Gasteiger partial charge is 0.481 e. The molecule has 1 aromatic heterocycles. The second kappa shape index (κ2) is 7.59. The van der Waals surface area contributed by atoms with Gasteiger partial charge in [-0.3, -0.25) is 4.79 Å². The molecule has 116 valence electrons. The first kappa shape index (κ1) is 16.0. The van der Waals surface area contributed by atoms with Crippen LogP contribution in [0, 0.1) is 13.8 Å². The van der Waals surface area contributed by atoms with E-state index in [2.05, 4.69) is 42.3 Å². The molecule has 0 aliphatic rings. The summed E-state index contributed by atoms with van der Waals surface area (Å²) in [5.41, 5.74) is 4.57. The van der Waals surface area contributed by atoms with E-state index in [1.165, 1.54) is 16.7 Å². The zero-order valence-electron chi connectivity index (χ0n) is 13.3. The Morgan fingerprint density at radius 3 is 2.64 bits per heavy atom. The lowest BCUT2D eigenvalue weighted by Crippen LogP contribution is -2.11. The van der Waals surface area contributed by atoms with Crippen molar-refractivity contribution < 1.29 is 9.53 Å². The molecule has 0 fully saturated rings. The lowest BCUT2D eigenvalue weighted by molar-refractivity contribution is -0.116. The molecular formula is C18H22N2O2. The standard InChI is InChI=1S/C18H22N2O2/c1-13-7-8-15(11-14(13)2)5-4-6-17(21)20-16-9-10-18(22-3)19-12-16/h7-12H,4-6H2,1-3H3,(H,20,21). The minimum absolute atomic E-state index is 0.0100. The monoisotopic (exact) mass is 298 g/mol. The van der Waals surface area contributed by atoms with E-state index >= 15 is 0 Å². The Hall–Kier alpha value is -2.36. The number of hydrogen-bond acceptors (Lipinski definition) is 3. The van der Waals surface area contributed by atoms with Crippen LogP contribution in [-0.2, 0) is 11.2 Å². The molecule has 4 heteroatoms. The van der Waals surface area contributed by atoms with Crippen LogP contribution in [0.4, 0.5) is 5.69 Å². The first-order valence-corrected chi connectivity index (χ1v) is 7.44. The van der Waals surface area contributed by atoms with Crippen LogP contribution in [0.25, 0.3) is 0 Å². The number of hydrogen-bond donors (Lipinski definition) is 1. The number of nitrogens with one attached hydrogen (secondary N) is 1. The SMILES string of the molecule is COc1ccc(NC(=O)CCCc2ccc(C)c(C)c2)cn1. The quantitative estimate of drug-likeness (QED) is 0.885. The summed E-state index contributed by atoms with van der Waals surface area (Å²) in [6, 6.07) is 9.97. The van der Waals surface area contributed by atoms with Crippen molar-refractivity contribution in [1.82, 2.24) is 4.98 Å². The molecule has 0 atom stereocenters. The molecule has 1 amide bonds. The first-order valence-electron chi connectivity index (χ1n) is 7.44. The van der Waals surface area contributed by atoms with E-state index in [4.69, 9.17) is 4.74 Å². The molecule has 22 heavy (non-hydrogen) atoms. The zero-order chi connectivity index (χ0) is 15.9. The van der Waals surface area contributed by atoms with E-state index in [-0.39, 0.29) is 5.91 Å². The zero-order valence-corrected chi connectivity index (χ0v) is 13.3. The number of methoxy groups -OCH3 is 1. The molecule has 2 rings (SSSR count). The fraction of sp³-hybridized carbons (Fsp3) is 0.333. The summed E-state index contributed by atoms with van der Waals surface area (Å²) in [4.78, 5) is 16.0. The number of carbonyl (C=O) groups excluding carboxylic acids is 1. The normalized spacial score (nSPS) is 10.3. The summed E-state index contributed by atoms with van der Waals surface area (Å²) in [5.74, 6) is 0.545. The van der Waals surface area contributed by atoms with Gasteiger partial charge in [0.1, 0.15) is 0 Å². The minimum Gasteiger partial charge on any atom is -0.481 e. The van der Waals surface area contributed by atoms with E-state index < -0.39 is 0 Å². The summed E-state index contributed by atoms with van der Waals surface area (Å²) in [5, 5.41) is 2.84. The molecule has 0 unspecified atom stereocenters. The predicted molar refractivity (Wildman–Crippen MR) is 88.3 cm³/mol. The topological polar surface area (TPSA) is 51.2 Å². The van der Waals surface area contributed by atoms with Gasteiger partial charge in [-0.05, 0) is 49.4 Å². The molecule has 0 aliphatic heterocycles. The van der Waals surface area contributed by atoms with Gasteiger partial charge in [0.25, 0.3) is 0 Å². The Balaban J connectivity index is 1.78. The van der Waals surface area contributed by atoms with E-state index in [9.17, 15) is 4.79 Å². The highest BCUT2D eigenvalue weighted by molar-refractivity contribution is 5.90. The Kier molecular flexibility index (Phi) is 5.53. The molecule has 1 aromatic carbocycles. The predicted octanol–water partition coefficient (Wildman–Crippen LogP) is 3.67. The summed E-state index contributed by atoms with van der Waals surface area (Å²) in [7, 11) is 1.56. The van der Waals surface area contributed by atoms with Gasteiger partial charge in [0, 0.05) is 12.5 Å². The van der Waals surface area contributed by atoms with Crippen molar-refractivity contribution in [3.63, 3.8) is 0 Å². The number of carbonyl (C=O) groups is 1. The van der Waals surface area contributed by atoms with Gasteiger partial charge in [-0.2, -0.15) is 0 Å². The van der Waals surface area contributed by atoms with Crippen molar-refractivity contribution in [3.05, 3.63) is 53.2 Å². The highest BCUT2D eigenvalue weighted by atomic mass is 16.5. The van der Waals surface area contributed by atoms with Crippen LogP contribution in [0.1, 0.15) is 29.5 Å². The first-order chi connectivity index (χ1) is 10.6. The highest BCUT2D eigenvalue weighted by Crippen LogP contribution is 2.14. The van der Waals surface area contributed by atoms with Gasteiger partial charge >= 0.3 is 0 Å². The molecule has 2 aromatic rings. The second-order valence-corrected chi connectivity index (χ2v) is 5.41. The molecule has 0 saturated carbocycles. The smallest absolute Gasteiger partial charge is 0.224 e. The molecule has 0 aliphatic carbocycles. The van der Waals surface area contributed by atoms with Crippen molar-refractivity contribution in [2.75, 3.05) is 12.4 Å². The average Bonchev–Trinajstić information content (AvgIpc) is 2.51. The average molecular weight is 298 g/mol. The second-order valence-electron chi connectivity index (χ2n) is 5.41. The van der Waals surface area contributed by atoms with E-state index in [1.54, 1.807) is 25.4 Å². The fourth-order valence-corrected chi connectivity index (χ4v) is 2.21. The summed E-state index contributed by atoms with van der Waals surface area (Å²) >= 11 is 0. The van der Waals surface area contributed by atoms with Gasteiger partial charge in [0.2, 0.25) is 11.8 Å². The van der Waals surface area contributed by atoms with Crippen molar-refractivity contribution >= 4 is 11.6 Å². The van der Waals surface area contributed by atoms with E-state index in [0.717, 1.165) is 12.8 Å². The molecule has 1 N–H and O–H groups in total. The number of benzene rings is 1. The fourth-order valence-electron chi connectivity index (χ4n) is 2.21. The number of nitrogens with zero attached hydrogens (tertiary/aromatic N) is 1. The number of ether oxygens (including phenoxy) is 1. The van der Waals surface area contributed by atoms with Crippen molar-refractivity contribution in [2.24, 2.45) is 0 Å². The number of aromatic nitrogens is 1. The van der Waals surface area contributed by atoms with Crippen molar-refractivity contribution in [1.29, 1.82) is 0 Å². The number of rotatable bonds is 6. The van der Waals surface area contributed by atoms with Gasteiger partial charge in [-0.1, -0.05) is 18.2 Å². The Labute approximate surface area is 131 Å². The van der Waals surface area contributed by atoms with Crippen LogP contribution in [-0.4, -0.2) is 18.0 Å². The highest BCUT2D eigenvalue weighted by Gasteiger charge is 2.04. The lowest BCUT2D eigenvalue weighted by atomic mass is 10.0. The maximum Gasteiger partial charge on any atom is 0.224 e. The number of pyridine rings is 1. The molecule has 0 saturated heterocycles. The van der Waals surface area contributed by atoms with Gasteiger partial charge in [0.15, 0.2) is 0 Å². The number of amides is 1. The molecule has 0 bridgehead atoms. The van der Waals surface area contributed by atoms with Gasteiger partial charge in [-0.25, -0.2) is 4.98 Å². The summed E-state index contributed by atoms with van der Waals surface area (Å²) < 4.78 is 4.98. The summed E-state index contributed by atoms with van der Waals surface area (Å²) in [6.07, 6.45) is 3.84. The van der Waals surface area contributed by atoms with Crippen LogP contribution >= 0.6 is 0 Å². The molecule has 1 heterocycles. The maximum atomic E-state index is 11.9. The number of aryl methyl sites for hydroxylation is 3. The van der Waals surface area contributed by atoms with E-state index in [1.807, 2.05) is 0 Å². The van der Waals surface area contributed by atoms with Crippen molar-refractivity contribution in [2.45, 2.75) is 33.1 Å². The number of anilines is 1. The van der Waals surface area contributed by atoms with Crippen LogP contribution in [0.2, 0.25) is 0 Å². The minimum atomic E-state index is 0.0100. The third-order valence-corrected chi connectivity index (χ3v) is 3.67. The Morgan fingerprint density at radius 1 is 1.18 bits per heavy atom. The molecular weight excluding hydrogens is 276 g/mol. The lowest BCUT2D eigenvalue weighted by Gasteiger charge is -2.07. The van der Waals surface area contributed by atoms with Gasteiger partial charge < -0.3 is 10.1 Å². The van der Waals surface area contributed by atoms with Crippen LogP contribution < -0.4 is 10.1 Å². The van der Waals surface area contributed by atoms with Gasteiger partial charge in [0.05, 0.1) is 19.0 Å².